The summed E-state index contributed by atoms with van der Waals surface area (Å²) in [5, 5.41) is 5.05. The first-order valence-corrected chi connectivity index (χ1v) is 9.86. The van der Waals surface area contributed by atoms with E-state index in [0.717, 1.165) is 5.56 Å². The summed E-state index contributed by atoms with van der Waals surface area (Å²) in [6.07, 6.45) is 0. The van der Waals surface area contributed by atoms with E-state index in [2.05, 4.69) is 16.0 Å². The van der Waals surface area contributed by atoms with Crippen LogP contribution in [0.25, 0.3) is 10.8 Å². The van der Waals surface area contributed by atoms with Gasteiger partial charge in [0.15, 0.2) is 5.69 Å². The summed E-state index contributed by atoms with van der Waals surface area (Å²) in [7, 11) is 1.46. The van der Waals surface area contributed by atoms with Gasteiger partial charge >= 0.3 is 0 Å². The Labute approximate surface area is 183 Å². The standard InChI is InChI=1S/C24H20N4O4/c1-32-20-14-8-7-13-19(20)22(29)25-26-23(30)21-17-11-5-6-12-18(17)24(31)28(27-21)15-16-9-3-2-4-10-16/h2-14H,15H2,1H3,(H,25,29)(H,26,30). The molecule has 0 bridgehead atoms. The molecule has 4 rings (SSSR count). The molecule has 0 aliphatic heterocycles. The van der Waals surface area contributed by atoms with Gasteiger partial charge in [-0.05, 0) is 23.8 Å². The average Bonchev–Trinajstić information content (AvgIpc) is 2.84. The van der Waals surface area contributed by atoms with Crippen LogP contribution in [-0.4, -0.2) is 28.7 Å². The normalized spacial score (nSPS) is 10.5. The molecule has 1 heterocycles. The van der Waals surface area contributed by atoms with Crippen molar-refractivity contribution >= 4 is 22.6 Å². The summed E-state index contributed by atoms with van der Waals surface area (Å²) < 4.78 is 6.42. The van der Waals surface area contributed by atoms with Gasteiger partial charge in [-0.2, -0.15) is 5.10 Å². The number of hydrazine groups is 1. The van der Waals surface area contributed by atoms with Crippen molar-refractivity contribution in [3.05, 3.63) is 106 Å². The van der Waals surface area contributed by atoms with Gasteiger partial charge in [0, 0.05) is 5.39 Å². The number of hydrogen-bond acceptors (Lipinski definition) is 5. The van der Waals surface area contributed by atoms with Crippen LogP contribution in [0.2, 0.25) is 0 Å². The van der Waals surface area contributed by atoms with Gasteiger partial charge < -0.3 is 4.74 Å². The highest BCUT2D eigenvalue weighted by atomic mass is 16.5. The van der Waals surface area contributed by atoms with Gasteiger partial charge in [-0.3, -0.25) is 25.2 Å². The van der Waals surface area contributed by atoms with Crippen LogP contribution in [0.3, 0.4) is 0 Å². The first-order chi connectivity index (χ1) is 15.6. The number of rotatable bonds is 5. The van der Waals surface area contributed by atoms with Crippen LogP contribution in [0.15, 0.2) is 83.7 Å². The second-order valence-corrected chi connectivity index (χ2v) is 6.95. The van der Waals surface area contributed by atoms with Crippen LogP contribution in [0.1, 0.15) is 26.4 Å². The highest BCUT2D eigenvalue weighted by molar-refractivity contribution is 6.06. The molecule has 2 amide bonds. The van der Waals surface area contributed by atoms with E-state index in [9.17, 15) is 14.4 Å². The zero-order valence-electron chi connectivity index (χ0n) is 17.2. The fraction of sp³-hybridized carbons (Fsp3) is 0.0833. The molecule has 4 aromatic rings. The lowest BCUT2D eigenvalue weighted by molar-refractivity contribution is 0.0842. The maximum absolute atomic E-state index is 12.9. The number of nitrogens with one attached hydrogen (secondary N) is 2. The minimum absolute atomic E-state index is 0.0245. The number of aromatic nitrogens is 2. The summed E-state index contributed by atoms with van der Waals surface area (Å²) in [4.78, 5) is 38.3. The molecule has 1 aromatic heterocycles. The van der Waals surface area contributed by atoms with Crippen LogP contribution in [0.5, 0.6) is 5.75 Å². The molecular weight excluding hydrogens is 408 g/mol. The van der Waals surface area contributed by atoms with Gasteiger partial charge in [-0.1, -0.05) is 60.7 Å². The quantitative estimate of drug-likeness (QED) is 0.476. The second-order valence-electron chi connectivity index (χ2n) is 6.95. The second kappa shape index (κ2) is 9.13. The Morgan fingerprint density at radius 3 is 2.22 bits per heavy atom. The van der Waals surface area contributed by atoms with Crippen molar-refractivity contribution in [2.45, 2.75) is 6.54 Å². The Morgan fingerprint density at radius 2 is 1.47 bits per heavy atom. The van der Waals surface area contributed by atoms with E-state index in [-0.39, 0.29) is 23.4 Å². The zero-order chi connectivity index (χ0) is 22.5. The molecule has 0 fully saturated rings. The lowest BCUT2D eigenvalue weighted by Crippen LogP contribution is -2.43. The van der Waals surface area contributed by atoms with Gasteiger partial charge in [0.25, 0.3) is 17.4 Å². The first kappa shape index (κ1) is 20.8. The van der Waals surface area contributed by atoms with Crippen molar-refractivity contribution < 1.29 is 14.3 Å². The van der Waals surface area contributed by atoms with E-state index in [4.69, 9.17) is 4.74 Å². The summed E-state index contributed by atoms with van der Waals surface area (Å²) in [5.41, 5.74) is 5.61. The van der Waals surface area contributed by atoms with Crippen LogP contribution in [0.4, 0.5) is 0 Å². The molecule has 8 heteroatoms. The maximum Gasteiger partial charge on any atom is 0.290 e. The number of ether oxygens (including phenoxy) is 1. The van der Waals surface area contributed by atoms with Crippen molar-refractivity contribution in [1.29, 1.82) is 0 Å². The predicted octanol–water partition coefficient (Wildman–Crippen LogP) is 2.53. The molecule has 0 radical (unpaired) electrons. The number of amides is 2. The average molecular weight is 428 g/mol. The van der Waals surface area contributed by atoms with Crippen molar-refractivity contribution in [1.82, 2.24) is 20.6 Å². The maximum atomic E-state index is 12.9. The monoisotopic (exact) mass is 428 g/mol. The number of benzene rings is 3. The molecule has 0 atom stereocenters. The number of fused-ring (bicyclic) bond motifs is 1. The third kappa shape index (κ3) is 4.20. The van der Waals surface area contributed by atoms with Gasteiger partial charge in [-0.15, -0.1) is 0 Å². The third-order valence-corrected chi connectivity index (χ3v) is 4.90. The summed E-state index contributed by atoms with van der Waals surface area (Å²) >= 11 is 0. The molecule has 3 aromatic carbocycles. The van der Waals surface area contributed by atoms with Crippen LogP contribution >= 0.6 is 0 Å². The Hall–Kier alpha value is -4.46. The van der Waals surface area contributed by atoms with Gasteiger partial charge in [-0.25, -0.2) is 4.68 Å². The Kier molecular flexibility index (Phi) is 5.94. The topological polar surface area (TPSA) is 102 Å². The number of para-hydroxylation sites is 1. The number of methoxy groups -OCH3 is 1. The minimum atomic E-state index is -0.647. The van der Waals surface area contributed by atoms with Crippen molar-refractivity contribution in [3.8, 4) is 5.75 Å². The molecule has 0 saturated heterocycles. The van der Waals surface area contributed by atoms with E-state index in [1.807, 2.05) is 30.3 Å². The van der Waals surface area contributed by atoms with E-state index < -0.39 is 11.8 Å². The third-order valence-electron chi connectivity index (χ3n) is 4.90. The molecule has 0 aliphatic carbocycles. The fourth-order valence-electron chi connectivity index (χ4n) is 3.34. The van der Waals surface area contributed by atoms with E-state index in [1.54, 1.807) is 48.5 Å². The van der Waals surface area contributed by atoms with Gasteiger partial charge in [0.1, 0.15) is 5.75 Å². The number of hydrogen-bond donors (Lipinski definition) is 2. The molecular formula is C24H20N4O4. The molecule has 0 unspecified atom stereocenters. The smallest absolute Gasteiger partial charge is 0.290 e. The van der Waals surface area contributed by atoms with Crippen LogP contribution in [0, 0.1) is 0 Å². The lowest BCUT2D eigenvalue weighted by atomic mass is 10.1. The molecule has 2 N–H and O–H groups in total. The molecule has 160 valence electrons. The van der Waals surface area contributed by atoms with Crippen LogP contribution < -0.4 is 21.1 Å². The first-order valence-electron chi connectivity index (χ1n) is 9.86. The van der Waals surface area contributed by atoms with Crippen molar-refractivity contribution in [2.24, 2.45) is 0 Å². The highest BCUT2D eigenvalue weighted by Crippen LogP contribution is 2.17. The highest BCUT2D eigenvalue weighted by Gasteiger charge is 2.18. The van der Waals surface area contributed by atoms with Crippen molar-refractivity contribution in [2.75, 3.05) is 7.11 Å². The molecule has 8 nitrogen and oxygen atoms in total. The molecule has 0 aliphatic rings. The lowest BCUT2D eigenvalue weighted by Gasteiger charge is -2.13. The minimum Gasteiger partial charge on any atom is -0.496 e. The largest absolute Gasteiger partial charge is 0.496 e. The molecule has 32 heavy (non-hydrogen) atoms. The van der Waals surface area contributed by atoms with Gasteiger partial charge in [0.2, 0.25) is 0 Å². The Balaban J connectivity index is 1.64. The number of carbonyl (C=O) groups is 2. The van der Waals surface area contributed by atoms with Gasteiger partial charge in [0.05, 0.1) is 24.6 Å². The van der Waals surface area contributed by atoms with Crippen LogP contribution in [-0.2, 0) is 6.54 Å². The van der Waals surface area contributed by atoms with E-state index >= 15 is 0 Å². The predicted molar refractivity (Wildman–Crippen MR) is 119 cm³/mol. The number of nitrogens with zero attached hydrogens (tertiary/aromatic N) is 2. The zero-order valence-corrected chi connectivity index (χ0v) is 17.2. The van der Waals surface area contributed by atoms with E-state index in [0.29, 0.717) is 16.5 Å². The Bertz CT molecular complexity index is 1350. The SMILES string of the molecule is COc1ccccc1C(=O)NNC(=O)c1nn(Cc2ccccc2)c(=O)c2ccccc12. The summed E-state index contributed by atoms with van der Waals surface area (Å²) in [6.45, 7) is 0.207. The number of carbonyl (C=O) groups excluding carboxylic acids is 2. The van der Waals surface area contributed by atoms with E-state index in [1.165, 1.54) is 11.8 Å². The van der Waals surface area contributed by atoms with Crippen molar-refractivity contribution in [3.63, 3.8) is 0 Å². The summed E-state index contributed by atoms with van der Waals surface area (Å²) in [5.74, 6) is -0.816. The molecule has 0 spiro atoms. The Morgan fingerprint density at radius 1 is 0.844 bits per heavy atom. The summed E-state index contributed by atoms with van der Waals surface area (Å²) in [6, 6.07) is 22.7. The fourth-order valence-corrected chi connectivity index (χ4v) is 3.34. The molecule has 0 saturated carbocycles.